The van der Waals surface area contributed by atoms with Crippen molar-refractivity contribution in [3.05, 3.63) is 63.6 Å². The zero-order valence-corrected chi connectivity index (χ0v) is 15.2. The normalized spacial score (nSPS) is 15.0. The van der Waals surface area contributed by atoms with Crippen molar-refractivity contribution in [3.63, 3.8) is 0 Å². The summed E-state index contributed by atoms with van der Waals surface area (Å²) in [5, 5.41) is 0.783. The van der Waals surface area contributed by atoms with E-state index in [0.717, 1.165) is 46.2 Å². The molecular formula is C17H16BrClN2S. The second kappa shape index (κ2) is 6.99. The average Bonchev–Trinajstić information content (AvgIpc) is 2.55. The van der Waals surface area contributed by atoms with Crippen LogP contribution < -0.4 is 4.90 Å². The van der Waals surface area contributed by atoms with Gasteiger partial charge in [0.25, 0.3) is 0 Å². The van der Waals surface area contributed by atoms with Gasteiger partial charge in [-0.2, -0.15) is 0 Å². The first kappa shape index (κ1) is 15.8. The Morgan fingerprint density at radius 2 is 1.68 bits per heavy atom. The Labute approximate surface area is 149 Å². The summed E-state index contributed by atoms with van der Waals surface area (Å²) in [5.74, 6) is 0. The molecule has 0 radical (unpaired) electrons. The Morgan fingerprint density at radius 1 is 1.00 bits per heavy atom. The van der Waals surface area contributed by atoms with Gasteiger partial charge in [-0.25, -0.2) is 0 Å². The van der Waals surface area contributed by atoms with Crippen LogP contribution in [-0.4, -0.2) is 36.1 Å². The van der Waals surface area contributed by atoms with Crippen LogP contribution in [0.5, 0.6) is 0 Å². The fraction of sp³-hybridized carbons (Fsp3) is 0.235. The highest BCUT2D eigenvalue weighted by atomic mass is 79.9. The van der Waals surface area contributed by atoms with Crippen molar-refractivity contribution in [2.45, 2.75) is 0 Å². The summed E-state index contributed by atoms with van der Waals surface area (Å²) < 4.78 is 1.07. The molecule has 5 heteroatoms. The fourth-order valence-electron chi connectivity index (χ4n) is 2.62. The molecule has 1 aliphatic heterocycles. The maximum absolute atomic E-state index is 6.07. The highest BCUT2D eigenvalue weighted by Gasteiger charge is 2.20. The van der Waals surface area contributed by atoms with E-state index in [2.05, 4.69) is 43.9 Å². The zero-order valence-electron chi connectivity index (χ0n) is 12.0. The molecule has 0 aliphatic carbocycles. The molecule has 1 saturated heterocycles. The summed E-state index contributed by atoms with van der Waals surface area (Å²) in [6.07, 6.45) is 0. The predicted octanol–water partition coefficient (Wildman–Crippen LogP) is 4.60. The van der Waals surface area contributed by atoms with Crippen LogP contribution in [0.1, 0.15) is 5.56 Å². The number of halogens is 2. The number of nitrogens with zero attached hydrogens (tertiary/aromatic N) is 2. The minimum atomic E-state index is 0.783. The highest BCUT2D eigenvalue weighted by Crippen LogP contribution is 2.21. The molecule has 1 aliphatic rings. The van der Waals surface area contributed by atoms with Crippen LogP contribution in [0, 0.1) is 0 Å². The molecule has 2 aromatic carbocycles. The Morgan fingerprint density at radius 3 is 2.32 bits per heavy atom. The predicted molar refractivity (Wildman–Crippen MR) is 101 cm³/mol. The van der Waals surface area contributed by atoms with Crippen molar-refractivity contribution >= 4 is 50.4 Å². The maximum Gasteiger partial charge on any atom is 0.109 e. The van der Waals surface area contributed by atoms with Gasteiger partial charge < -0.3 is 9.80 Å². The van der Waals surface area contributed by atoms with Crippen molar-refractivity contribution in [1.82, 2.24) is 4.90 Å². The summed E-state index contributed by atoms with van der Waals surface area (Å²) in [6.45, 7) is 3.77. The van der Waals surface area contributed by atoms with Crippen LogP contribution in [0.25, 0.3) is 0 Å². The third-order valence-electron chi connectivity index (χ3n) is 3.83. The topological polar surface area (TPSA) is 6.48 Å². The third-order valence-corrected chi connectivity index (χ3v) is 5.09. The van der Waals surface area contributed by atoms with E-state index >= 15 is 0 Å². The highest BCUT2D eigenvalue weighted by molar-refractivity contribution is 9.10. The molecule has 0 bridgehead atoms. The van der Waals surface area contributed by atoms with Crippen LogP contribution in [0.4, 0.5) is 5.69 Å². The van der Waals surface area contributed by atoms with Crippen molar-refractivity contribution in [2.75, 3.05) is 31.1 Å². The molecule has 0 amide bonds. The standard InChI is InChI=1S/C17H16BrClN2S/c18-14-6-4-13(5-7-14)17(22)21-10-8-20(9-11-21)16-3-1-2-15(19)12-16/h1-7,12H,8-11H2. The van der Waals surface area contributed by atoms with Crippen LogP contribution >= 0.6 is 39.7 Å². The van der Waals surface area contributed by atoms with E-state index < -0.39 is 0 Å². The lowest BCUT2D eigenvalue weighted by Gasteiger charge is -2.37. The first-order chi connectivity index (χ1) is 10.6. The molecule has 2 nitrogen and oxygen atoms in total. The molecule has 3 rings (SSSR count). The molecule has 114 valence electrons. The molecule has 0 unspecified atom stereocenters. The number of hydrogen-bond donors (Lipinski definition) is 0. The van der Waals surface area contributed by atoms with Crippen LogP contribution in [-0.2, 0) is 0 Å². The van der Waals surface area contributed by atoms with E-state index in [1.54, 1.807) is 0 Å². The van der Waals surface area contributed by atoms with Gasteiger partial charge in [0.05, 0.1) is 0 Å². The van der Waals surface area contributed by atoms with Gasteiger partial charge >= 0.3 is 0 Å². The third kappa shape index (κ3) is 3.62. The summed E-state index contributed by atoms with van der Waals surface area (Å²) >= 11 is 15.2. The molecule has 1 heterocycles. The molecule has 1 fully saturated rings. The Balaban J connectivity index is 1.64. The molecule has 2 aromatic rings. The van der Waals surface area contributed by atoms with Gasteiger partial charge in [-0.05, 0) is 30.3 Å². The molecule has 0 atom stereocenters. The lowest BCUT2D eigenvalue weighted by Crippen LogP contribution is -2.48. The van der Waals surface area contributed by atoms with E-state index in [0.29, 0.717) is 0 Å². The summed E-state index contributed by atoms with van der Waals surface area (Å²) in [7, 11) is 0. The minimum absolute atomic E-state index is 0.783. The van der Waals surface area contributed by atoms with Crippen molar-refractivity contribution < 1.29 is 0 Å². The lowest BCUT2D eigenvalue weighted by molar-refractivity contribution is 0.392. The average molecular weight is 396 g/mol. The molecule has 0 aromatic heterocycles. The van der Waals surface area contributed by atoms with Gasteiger partial charge in [-0.1, -0.05) is 57.9 Å². The number of rotatable bonds is 2. The van der Waals surface area contributed by atoms with Crippen molar-refractivity contribution in [3.8, 4) is 0 Å². The van der Waals surface area contributed by atoms with Crippen LogP contribution in [0.2, 0.25) is 5.02 Å². The number of thiocarbonyl (C=S) groups is 1. The molecule has 0 N–H and O–H groups in total. The number of benzene rings is 2. The van der Waals surface area contributed by atoms with Crippen molar-refractivity contribution in [2.24, 2.45) is 0 Å². The Kier molecular flexibility index (Phi) is 5.01. The number of hydrogen-bond acceptors (Lipinski definition) is 2. The number of piperazine rings is 1. The van der Waals surface area contributed by atoms with Crippen LogP contribution in [0.15, 0.2) is 53.0 Å². The summed E-state index contributed by atoms with van der Waals surface area (Å²) in [5.41, 5.74) is 2.29. The largest absolute Gasteiger partial charge is 0.368 e. The van der Waals surface area contributed by atoms with E-state index in [4.69, 9.17) is 23.8 Å². The maximum atomic E-state index is 6.07. The summed E-state index contributed by atoms with van der Waals surface area (Å²) in [4.78, 5) is 5.56. The first-order valence-corrected chi connectivity index (χ1v) is 8.77. The van der Waals surface area contributed by atoms with Gasteiger partial charge in [0.1, 0.15) is 4.99 Å². The fourth-order valence-corrected chi connectivity index (χ4v) is 3.38. The van der Waals surface area contributed by atoms with Gasteiger partial charge in [-0.15, -0.1) is 0 Å². The lowest BCUT2D eigenvalue weighted by atomic mass is 10.2. The summed E-state index contributed by atoms with van der Waals surface area (Å²) in [6, 6.07) is 16.2. The van der Waals surface area contributed by atoms with Gasteiger partial charge in [0, 0.05) is 46.9 Å². The SMILES string of the molecule is S=C(c1ccc(Br)cc1)N1CCN(c2cccc(Cl)c2)CC1. The second-order valence-corrected chi connectivity index (χ2v) is 7.00. The zero-order chi connectivity index (χ0) is 15.5. The van der Waals surface area contributed by atoms with Crippen LogP contribution in [0.3, 0.4) is 0 Å². The minimum Gasteiger partial charge on any atom is -0.368 e. The van der Waals surface area contributed by atoms with Gasteiger partial charge in [0.2, 0.25) is 0 Å². The number of anilines is 1. The van der Waals surface area contributed by atoms with E-state index in [9.17, 15) is 0 Å². The molecule has 22 heavy (non-hydrogen) atoms. The second-order valence-electron chi connectivity index (χ2n) is 5.27. The first-order valence-electron chi connectivity index (χ1n) is 7.19. The van der Waals surface area contributed by atoms with E-state index in [1.807, 2.05) is 30.3 Å². The Hall–Kier alpha value is -1.10. The molecule has 0 saturated carbocycles. The smallest absolute Gasteiger partial charge is 0.109 e. The van der Waals surface area contributed by atoms with Gasteiger partial charge in [0.15, 0.2) is 0 Å². The van der Waals surface area contributed by atoms with E-state index in [1.165, 1.54) is 5.69 Å². The quantitative estimate of drug-likeness (QED) is 0.686. The molecular weight excluding hydrogens is 380 g/mol. The van der Waals surface area contributed by atoms with E-state index in [-0.39, 0.29) is 0 Å². The van der Waals surface area contributed by atoms with Gasteiger partial charge in [-0.3, -0.25) is 0 Å². The van der Waals surface area contributed by atoms with Crippen molar-refractivity contribution in [1.29, 1.82) is 0 Å². The molecule has 0 spiro atoms. The Bertz CT molecular complexity index is 667. The monoisotopic (exact) mass is 394 g/mol.